The predicted molar refractivity (Wildman–Crippen MR) is 172 cm³/mol. The highest BCUT2D eigenvalue weighted by Gasteiger charge is 2.51. The highest BCUT2D eigenvalue weighted by molar-refractivity contribution is 7.47. The number of ether oxygens (including phenoxy) is 2. The molecule has 0 saturated heterocycles. The van der Waals surface area contributed by atoms with Crippen molar-refractivity contribution in [3.05, 3.63) is 12.2 Å². The Morgan fingerprint density at radius 1 is 0.729 bits per heavy atom. The van der Waals surface area contributed by atoms with Gasteiger partial charge in [0, 0.05) is 12.8 Å². The van der Waals surface area contributed by atoms with Gasteiger partial charge < -0.3 is 45.0 Å². The van der Waals surface area contributed by atoms with Gasteiger partial charge in [-0.05, 0) is 18.9 Å². The van der Waals surface area contributed by atoms with Gasteiger partial charge in [0.25, 0.3) is 0 Å². The summed E-state index contributed by atoms with van der Waals surface area (Å²) in [5.41, 5.74) is 0. The summed E-state index contributed by atoms with van der Waals surface area (Å²) in [6.45, 7) is 0.792. The molecule has 1 fully saturated rings. The summed E-state index contributed by atoms with van der Waals surface area (Å²) in [6.07, 6.45) is 2.38. The van der Waals surface area contributed by atoms with E-state index in [0.29, 0.717) is 12.7 Å². The van der Waals surface area contributed by atoms with E-state index in [1.54, 1.807) is 0 Å². The maximum absolute atomic E-state index is 12.6. The highest BCUT2D eigenvalue weighted by atomic mass is 31.2. The highest BCUT2D eigenvalue weighted by Crippen LogP contribution is 2.47. The Morgan fingerprint density at radius 2 is 1.23 bits per heavy atom. The molecule has 0 spiro atoms. The molecular formula is C32H57O15P. The van der Waals surface area contributed by atoms with Crippen LogP contribution in [0.3, 0.4) is 0 Å². The number of aliphatic hydroxyl groups is 6. The van der Waals surface area contributed by atoms with E-state index in [-0.39, 0.29) is 19.3 Å². The molecule has 7 N–H and O–H groups in total. The zero-order valence-corrected chi connectivity index (χ0v) is 28.8. The molecule has 280 valence electrons. The Labute approximate surface area is 282 Å². The van der Waals surface area contributed by atoms with E-state index in [1.807, 2.05) is 0 Å². The van der Waals surface area contributed by atoms with Gasteiger partial charge in [0.2, 0.25) is 0 Å². The second-order valence-corrected chi connectivity index (χ2v) is 13.6. The van der Waals surface area contributed by atoms with E-state index in [0.717, 1.165) is 31.8 Å². The molecule has 0 aromatic carbocycles. The van der Waals surface area contributed by atoms with Crippen molar-refractivity contribution in [3.63, 3.8) is 0 Å². The van der Waals surface area contributed by atoms with Gasteiger partial charge in [-0.3, -0.25) is 23.4 Å². The van der Waals surface area contributed by atoms with E-state index >= 15 is 0 Å². The van der Waals surface area contributed by atoms with Crippen LogP contribution in [0.2, 0.25) is 0 Å². The number of phosphoric acid groups is 1. The zero-order valence-electron chi connectivity index (χ0n) is 27.9. The minimum absolute atomic E-state index is 0.101. The Hall–Kier alpha value is -1.78. The van der Waals surface area contributed by atoms with Crippen LogP contribution in [0.1, 0.15) is 110 Å². The van der Waals surface area contributed by atoms with Gasteiger partial charge in [-0.25, -0.2) is 4.57 Å². The molecule has 0 radical (unpaired) electrons. The number of unbranched alkanes of at least 4 members (excludes halogenated alkanes) is 12. The summed E-state index contributed by atoms with van der Waals surface area (Å²) in [6, 6.07) is 0. The lowest BCUT2D eigenvalue weighted by Gasteiger charge is -2.41. The SMILES string of the molecule is CCCCCCCCCCCCCCCC(=O)OC[C@H](COP(=O)(O)OC1C(O)C(O)C(O)[C@@H](O)C1O)OC(=O)CCC(O)/C=C/C=O. The van der Waals surface area contributed by atoms with Crippen LogP contribution in [-0.2, 0) is 37.5 Å². The molecule has 0 aromatic heterocycles. The first-order valence-corrected chi connectivity index (χ1v) is 18.5. The molecule has 7 unspecified atom stereocenters. The second kappa shape index (κ2) is 25.2. The molecular weight excluding hydrogens is 655 g/mol. The Morgan fingerprint density at radius 3 is 1.75 bits per heavy atom. The maximum Gasteiger partial charge on any atom is 0.472 e. The third-order valence-electron chi connectivity index (χ3n) is 8.02. The van der Waals surface area contributed by atoms with Gasteiger partial charge >= 0.3 is 19.8 Å². The van der Waals surface area contributed by atoms with Crippen LogP contribution >= 0.6 is 7.82 Å². The number of allylic oxidation sites excluding steroid dienone is 1. The van der Waals surface area contributed by atoms with E-state index in [4.69, 9.17) is 18.5 Å². The van der Waals surface area contributed by atoms with Gasteiger partial charge in [0.1, 0.15) is 49.5 Å². The van der Waals surface area contributed by atoms with Crippen LogP contribution in [0.5, 0.6) is 0 Å². The Bertz CT molecular complexity index is 963. The van der Waals surface area contributed by atoms with Crippen molar-refractivity contribution in [2.24, 2.45) is 0 Å². The molecule has 15 nitrogen and oxygen atoms in total. The van der Waals surface area contributed by atoms with Crippen molar-refractivity contribution >= 4 is 26.0 Å². The third-order valence-corrected chi connectivity index (χ3v) is 9.01. The standard InChI is InChI=1S/C32H57O15P/c1-2-3-4-5-6-7-8-9-10-11-12-13-14-17-25(35)44-21-24(46-26(36)19-18-23(34)16-15-20-33)22-45-48(42,43)47-32-30(40)28(38)27(37)29(39)31(32)41/h15-16,20,23-24,27-32,34,37-41H,2-14,17-19,21-22H2,1H3,(H,42,43)/b16-15+/t23?,24-,27?,28-,29?,30?,31?,32?/m1/s1. The molecule has 1 saturated carbocycles. The lowest BCUT2D eigenvalue weighted by atomic mass is 9.85. The third kappa shape index (κ3) is 18.8. The average Bonchev–Trinajstić information content (AvgIpc) is 3.06. The number of carbonyl (C=O) groups excluding carboxylic acids is 3. The molecule has 1 aliphatic rings. The first-order chi connectivity index (χ1) is 22.8. The van der Waals surface area contributed by atoms with Crippen LogP contribution < -0.4 is 0 Å². The van der Waals surface area contributed by atoms with Gasteiger partial charge in [0.05, 0.1) is 12.7 Å². The monoisotopic (exact) mass is 712 g/mol. The lowest BCUT2D eigenvalue weighted by molar-refractivity contribution is -0.220. The number of hydrogen-bond acceptors (Lipinski definition) is 14. The smallest absolute Gasteiger partial charge is 0.462 e. The number of esters is 2. The van der Waals surface area contributed by atoms with E-state index in [1.165, 1.54) is 57.4 Å². The fraction of sp³-hybridized carbons (Fsp3) is 0.844. The van der Waals surface area contributed by atoms with Crippen LogP contribution in [0.4, 0.5) is 0 Å². The molecule has 9 atom stereocenters. The summed E-state index contributed by atoms with van der Waals surface area (Å²) in [5, 5.41) is 59.3. The average molecular weight is 713 g/mol. The summed E-state index contributed by atoms with van der Waals surface area (Å²) in [5.74, 6) is -1.48. The minimum Gasteiger partial charge on any atom is -0.462 e. The normalized spacial score (nSPS) is 25.3. The molecule has 0 aliphatic heterocycles. The molecule has 0 amide bonds. The van der Waals surface area contributed by atoms with Crippen LogP contribution in [0, 0.1) is 0 Å². The predicted octanol–water partition coefficient (Wildman–Crippen LogP) is 2.14. The van der Waals surface area contributed by atoms with Crippen molar-refractivity contribution in [2.45, 2.75) is 158 Å². The second-order valence-electron chi connectivity index (χ2n) is 12.2. The summed E-state index contributed by atoms with van der Waals surface area (Å²) in [7, 11) is -5.18. The molecule has 0 heterocycles. The van der Waals surface area contributed by atoms with Crippen molar-refractivity contribution in [2.75, 3.05) is 13.2 Å². The topological polar surface area (TPSA) is 247 Å². The molecule has 0 bridgehead atoms. The summed E-state index contributed by atoms with van der Waals surface area (Å²) in [4.78, 5) is 45.3. The van der Waals surface area contributed by atoms with Gasteiger partial charge in [0.15, 0.2) is 6.10 Å². The quantitative estimate of drug-likeness (QED) is 0.0212. The van der Waals surface area contributed by atoms with Crippen LogP contribution in [-0.4, -0.2) is 116 Å². The number of aliphatic hydroxyl groups excluding tert-OH is 6. The number of aldehydes is 1. The van der Waals surface area contributed by atoms with Crippen molar-refractivity contribution in [1.82, 2.24) is 0 Å². The van der Waals surface area contributed by atoms with Gasteiger partial charge in [-0.15, -0.1) is 0 Å². The van der Waals surface area contributed by atoms with E-state index in [2.05, 4.69) is 6.92 Å². The first kappa shape index (κ1) is 44.2. The molecule has 1 rings (SSSR count). The molecule has 48 heavy (non-hydrogen) atoms. The van der Waals surface area contributed by atoms with Gasteiger partial charge in [-0.2, -0.15) is 0 Å². The van der Waals surface area contributed by atoms with Crippen LogP contribution in [0.25, 0.3) is 0 Å². The van der Waals surface area contributed by atoms with E-state index < -0.39 is 81.8 Å². The lowest BCUT2D eigenvalue weighted by Crippen LogP contribution is -2.64. The summed E-state index contributed by atoms with van der Waals surface area (Å²) >= 11 is 0. The van der Waals surface area contributed by atoms with E-state index in [9.17, 15) is 54.5 Å². The molecule has 1 aliphatic carbocycles. The number of phosphoric ester groups is 1. The minimum atomic E-state index is -5.18. The Balaban J connectivity index is 2.56. The van der Waals surface area contributed by atoms with Crippen molar-refractivity contribution < 1.29 is 73.0 Å². The largest absolute Gasteiger partial charge is 0.472 e. The van der Waals surface area contributed by atoms with Crippen molar-refractivity contribution in [3.8, 4) is 0 Å². The number of hydrogen-bond donors (Lipinski definition) is 7. The fourth-order valence-corrected chi connectivity index (χ4v) is 6.10. The molecule has 16 heteroatoms. The first-order valence-electron chi connectivity index (χ1n) is 17.0. The van der Waals surface area contributed by atoms with Crippen molar-refractivity contribution in [1.29, 1.82) is 0 Å². The fourth-order valence-electron chi connectivity index (χ4n) is 5.12. The number of carbonyl (C=O) groups is 3. The zero-order chi connectivity index (χ0) is 36.0. The molecule has 0 aromatic rings. The maximum atomic E-state index is 12.6. The van der Waals surface area contributed by atoms with Gasteiger partial charge in [-0.1, -0.05) is 90.0 Å². The number of rotatable bonds is 27. The van der Waals surface area contributed by atoms with Crippen LogP contribution in [0.15, 0.2) is 12.2 Å². The Kier molecular flexibility index (Phi) is 23.2. The summed E-state index contributed by atoms with van der Waals surface area (Å²) < 4.78 is 32.6.